The molecule has 2 rings (SSSR count). The Labute approximate surface area is 159 Å². The quantitative estimate of drug-likeness (QED) is 0.789. The van der Waals surface area contributed by atoms with E-state index < -0.39 is 6.04 Å². The average molecular weight is 384 g/mol. The van der Waals surface area contributed by atoms with Crippen molar-refractivity contribution in [1.29, 1.82) is 0 Å². The molecular weight excluding hydrogens is 349 g/mol. The molecule has 2 fully saturated rings. The number of ether oxygens (including phenoxy) is 1. The van der Waals surface area contributed by atoms with Crippen molar-refractivity contribution in [1.82, 2.24) is 9.80 Å². The number of carbonyl (C=O) groups is 1. The van der Waals surface area contributed by atoms with Gasteiger partial charge in [0, 0.05) is 39.3 Å². The Balaban J connectivity index is 0.00000264. The standard InChI is InChI=1S/C17H33N3O2.2ClH/c1-13(2)14-4-6-15(7-5-14)19-8-10-20(11-9-19)17(21)16(18)12-22-3;;/h13-16H,4-12,18H2,1-3H3;2*1H. The maximum Gasteiger partial charge on any atom is 0.241 e. The van der Waals surface area contributed by atoms with Gasteiger partial charge in [0.25, 0.3) is 0 Å². The third-order valence-electron chi connectivity index (χ3n) is 5.49. The summed E-state index contributed by atoms with van der Waals surface area (Å²) < 4.78 is 4.98. The Morgan fingerprint density at radius 2 is 1.62 bits per heavy atom. The van der Waals surface area contributed by atoms with Gasteiger partial charge in [-0.1, -0.05) is 13.8 Å². The van der Waals surface area contributed by atoms with Gasteiger partial charge in [0.15, 0.2) is 0 Å². The lowest BCUT2D eigenvalue weighted by atomic mass is 9.79. The highest BCUT2D eigenvalue weighted by atomic mass is 35.5. The van der Waals surface area contributed by atoms with E-state index in [0.717, 1.165) is 44.1 Å². The third kappa shape index (κ3) is 6.34. The summed E-state index contributed by atoms with van der Waals surface area (Å²) in [7, 11) is 1.58. The van der Waals surface area contributed by atoms with Crippen molar-refractivity contribution in [2.24, 2.45) is 17.6 Å². The molecule has 1 saturated heterocycles. The van der Waals surface area contributed by atoms with Crippen molar-refractivity contribution in [3.63, 3.8) is 0 Å². The molecule has 2 aliphatic rings. The van der Waals surface area contributed by atoms with Crippen LogP contribution in [0.1, 0.15) is 39.5 Å². The Kier molecular flexibility index (Phi) is 11.5. The molecule has 1 amide bonds. The normalized spacial score (nSPS) is 26.5. The summed E-state index contributed by atoms with van der Waals surface area (Å²) in [4.78, 5) is 16.7. The van der Waals surface area contributed by atoms with Crippen molar-refractivity contribution >= 4 is 30.7 Å². The first-order valence-corrected chi connectivity index (χ1v) is 8.80. The van der Waals surface area contributed by atoms with E-state index in [1.54, 1.807) is 7.11 Å². The lowest BCUT2D eigenvalue weighted by Gasteiger charge is -2.43. The van der Waals surface area contributed by atoms with Crippen molar-refractivity contribution < 1.29 is 9.53 Å². The lowest BCUT2D eigenvalue weighted by molar-refractivity contribution is -0.136. The van der Waals surface area contributed by atoms with E-state index in [1.165, 1.54) is 25.7 Å². The van der Waals surface area contributed by atoms with Crippen molar-refractivity contribution in [3.8, 4) is 0 Å². The number of amides is 1. The molecule has 1 aliphatic carbocycles. The van der Waals surface area contributed by atoms with Gasteiger partial charge in [-0.15, -0.1) is 24.8 Å². The van der Waals surface area contributed by atoms with E-state index in [0.29, 0.717) is 6.61 Å². The van der Waals surface area contributed by atoms with E-state index >= 15 is 0 Å². The van der Waals surface area contributed by atoms with Crippen LogP contribution in [0.3, 0.4) is 0 Å². The molecule has 0 bridgehead atoms. The molecule has 24 heavy (non-hydrogen) atoms. The topological polar surface area (TPSA) is 58.8 Å². The van der Waals surface area contributed by atoms with Crippen molar-refractivity contribution in [2.45, 2.75) is 51.6 Å². The minimum Gasteiger partial charge on any atom is -0.383 e. The van der Waals surface area contributed by atoms with Gasteiger partial charge in [-0.3, -0.25) is 9.69 Å². The third-order valence-corrected chi connectivity index (χ3v) is 5.49. The Bertz CT molecular complexity index is 356. The molecule has 7 heteroatoms. The first-order valence-electron chi connectivity index (χ1n) is 8.80. The molecule has 0 aromatic heterocycles. The summed E-state index contributed by atoms with van der Waals surface area (Å²) >= 11 is 0. The van der Waals surface area contributed by atoms with Crippen LogP contribution in [0.15, 0.2) is 0 Å². The molecule has 2 N–H and O–H groups in total. The number of nitrogens with two attached hydrogens (primary N) is 1. The molecule has 144 valence electrons. The van der Waals surface area contributed by atoms with Gasteiger partial charge in [0.2, 0.25) is 5.91 Å². The second kappa shape index (κ2) is 11.5. The number of piperazine rings is 1. The largest absolute Gasteiger partial charge is 0.383 e. The van der Waals surface area contributed by atoms with Gasteiger partial charge < -0.3 is 15.4 Å². The maximum atomic E-state index is 12.2. The SMILES string of the molecule is COCC(N)C(=O)N1CCN(C2CCC(C(C)C)CC2)CC1.Cl.Cl. The zero-order valence-electron chi connectivity index (χ0n) is 15.3. The van der Waals surface area contributed by atoms with Crippen molar-refractivity contribution in [2.75, 3.05) is 39.9 Å². The summed E-state index contributed by atoms with van der Waals surface area (Å²) in [5.74, 6) is 1.76. The minimum atomic E-state index is -0.516. The summed E-state index contributed by atoms with van der Waals surface area (Å²) in [5.41, 5.74) is 5.85. The predicted octanol–water partition coefficient (Wildman–Crippen LogP) is 2.16. The van der Waals surface area contributed by atoms with Crippen LogP contribution in [-0.4, -0.2) is 67.7 Å². The van der Waals surface area contributed by atoms with Gasteiger partial charge >= 0.3 is 0 Å². The van der Waals surface area contributed by atoms with Crippen LogP contribution in [0.25, 0.3) is 0 Å². The maximum absolute atomic E-state index is 12.2. The summed E-state index contributed by atoms with van der Waals surface area (Å²) in [6.45, 7) is 8.58. The first kappa shape index (κ1) is 23.9. The minimum absolute atomic E-state index is 0. The number of hydrogen-bond donors (Lipinski definition) is 1. The summed E-state index contributed by atoms with van der Waals surface area (Å²) in [6.07, 6.45) is 5.36. The Hall–Kier alpha value is -0.0700. The fourth-order valence-electron chi connectivity index (χ4n) is 3.93. The van der Waals surface area contributed by atoms with Crippen LogP contribution in [0, 0.1) is 11.8 Å². The number of carbonyl (C=O) groups excluding carboxylic acids is 1. The number of hydrogen-bond acceptors (Lipinski definition) is 4. The summed E-state index contributed by atoms with van der Waals surface area (Å²) in [6, 6.07) is 0.206. The zero-order chi connectivity index (χ0) is 16.1. The number of nitrogens with zero attached hydrogens (tertiary/aromatic N) is 2. The predicted molar refractivity (Wildman–Crippen MR) is 103 cm³/mol. The van der Waals surface area contributed by atoms with E-state index in [-0.39, 0.29) is 30.7 Å². The van der Waals surface area contributed by atoms with Crippen LogP contribution in [0.2, 0.25) is 0 Å². The molecule has 1 heterocycles. The van der Waals surface area contributed by atoms with E-state index in [2.05, 4.69) is 18.7 Å². The first-order chi connectivity index (χ1) is 10.5. The van der Waals surface area contributed by atoms with E-state index in [1.807, 2.05) is 4.90 Å². The molecular formula is C17H35Cl2N3O2. The van der Waals surface area contributed by atoms with Gasteiger partial charge in [-0.25, -0.2) is 0 Å². The summed E-state index contributed by atoms with van der Waals surface area (Å²) in [5, 5.41) is 0. The smallest absolute Gasteiger partial charge is 0.241 e. The zero-order valence-corrected chi connectivity index (χ0v) is 16.9. The fourth-order valence-corrected chi connectivity index (χ4v) is 3.93. The highest BCUT2D eigenvalue weighted by Gasteiger charge is 2.31. The molecule has 0 aromatic rings. The van der Waals surface area contributed by atoms with Crippen LogP contribution < -0.4 is 5.73 Å². The van der Waals surface area contributed by atoms with Gasteiger partial charge in [0.05, 0.1) is 6.61 Å². The molecule has 1 atom stereocenters. The lowest BCUT2D eigenvalue weighted by Crippen LogP contribution is -2.56. The molecule has 0 spiro atoms. The average Bonchev–Trinajstić information content (AvgIpc) is 2.54. The Morgan fingerprint density at radius 3 is 2.08 bits per heavy atom. The highest BCUT2D eigenvalue weighted by molar-refractivity contribution is 5.85. The highest BCUT2D eigenvalue weighted by Crippen LogP contribution is 2.32. The molecule has 1 aliphatic heterocycles. The van der Waals surface area contributed by atoms with Crippen LogP contribution in [0.4, 0.5) is 0 Å². The van der Waals surface area contributed by atoms with Gasteiger partial charge in [-0.05, 0) is 37.5 Å². The molecule has 1 saturated carbocycles. The van der Waals surface area contributed by atoms with Crippen LogP contribution in [-0.2, 0) is 9.53 Å². The number of rotatable bonds is 5. The Morgan fingerprint density at radius 1 is 1.08 bits per heavy atom. The van der Waals surface area contributed by atoms with Crippen LogP contribution in [0.5, 0.6) is 0 Å². The second-order valence-corrected chi connectivity index (χ2v) is 7.24. The fraction of sp³-hybridized carbons (Fsp3) is 0.941. The molecule has 5 nitrogen and oxygen atoms in total. The monoisotopic (exact) mass is 383 g/mol. The number of halogens is 2. The molecule has 0 aromatic carbocycles. The molecule has 1 unspecified atom stereocenters. The number of methoxy groups -OCH3 is 1. The molecule has 0 radical (unpaired) electrons. The van der Waals surface area contributed by atoms with Gasteiger partial charge in [0.1, 0.15) is 6.04 Å². The second-order valence-electron chi connectivity index (χ2n) is 7.24. The van der Waals surface area contributed by atoms with E-state index in [4.69, 9.17) is 10.5 Å². The van der Waals surface area contributed by atoms with Gasteiger partial charge in [-0.2, -0.15) is 0 Å². The van der Waals surface area contributed by atoms with Crippen molar-refractivity contribution in [3.05, 3.63) is 0 Å². The van der Waals surface area contributed by atoms with E-state index in [9.17, 15) is 4.79 Å². The van der Waals surface area contributed by atoms with Crippen LogP contribution >= 0.6 is 24.8 Å².